The maximum atomic E-state index is 12.4. The van der Waals surface area contributed by atoms with Crippen LogP contribution in [0.15, 0.2) is 35.7 Å². The van der Waals surface area contributed by atoms with Crippen LogP contribution >= 0.6 is 11.3 Å². The van der Waals surface area contributed by atoms with E-state index in [9.17, 15) is 9.90 Å². The number of aliphatic hydroxyl groups is 1. The number of carbonyl (C=O) groups is 1. The van der Waals surface area contributed by atoms with Crippen LogP contribution in [0, 0.1) is 6.92 Å². The lowest BCUT2D eigenvalue weighted by Gasteiger charge is -2.35. The van der Waals surface area contributed by atoms with E-state index in [-0.39, 0.29) is 5.91 Å². The Morgan fingerprint density at radius 1 is 1.19 bits per heavy atom. The summed E-state index contributed by atoms with van der Waals surface area (Å²) in [5.41, 5.74) is 3.35. The Morgan fingerprint density at radius 2 is 1.90 bits per heavy atom. The lowest BCUT2D eigenvalue weighted by atomic mass is 10.1. The fourth-order valence-electron chi connectivity index (χ4n) is 3.68. The number of unbranched alkanes of at least 4 members (excludes halogenated alkanes) is 1. The number of carbonyl (C=O) groups excluding carboxylic acids is 1. The first-order valence-corrected chi connectivity index (χ1v) is 12.1. The summed E-state index contributed by atoms with van der Waals surface area (Å²) in [6, 6.07) is 10.2. The number of hydrogen-bond donors (Lipinski definition) is 2. The Hall–Kier alpha value is -1.93. The molecule has 1 atom stereocenters. The molecule has 0 saturated carbocycles. The normalized spacial score (nSPS) is 16.2. The van der Waals surface area contributed by atoms with Crippen LogP contribution in [0.2, 0.25) is 0 Å². The molecule has 1 aliphatic heterocycles. The minimum Gasteiger partial charge on any atom is -0.481 e. The van der Waals surface area contributed by atoms with Crippen molar-refractivity contribution < 1.29 is 14.6 Å². The van der Waals surface area contributed by atoms with Crippen LogP contribution in [0.5, 0.6) is 5.06 Å². The average molecular weight is 446 g/mol. The van der Waals surface area contributed by atoms with Gasteiger partial charge < -0.3 is 15.2 Å². The molecule has 3 rings (SSSR count). The molecule has 0 aliphatic carbocycles. The molecule has 1 saturated heterocycles. The van der Waals surface area contributed by atoms with Crippen LogP contribution < -0.4 is 10.1 Å². The predicted octanol–water partition coefficient (Wildman–Crippen LogP) is 3.40. The molecule has 7 heteroatoms. The summed E-state index contributed by atoms with van der Waals surface area (Å²) in [6.07, 6.45) is 2.95. The highest BCUT2D eigenvalue weighted by atomic mass is 32.1. The highest BCUT2D eigenvalue weighted by Crippen LogP contribution is 2.22. The maximum absolute atomic E-state index is 12.4. The highest BCUT2D eigenvalue weighted by Gasteiger charge is 2.21. The van der Waals surface area contributed by atoms with Gasteiger partial charge in [0.2, 0.25) is 5.91 Å². The number of nitrogens with one attached hydrogen (secondary N) is 1. The maximum Gasteiger partial charge on any atom is 0.238 e. The third kappa shape index (κ3) is 8.26. The Morgan fingerprint density at radius 3 is 2.55 bits per heavy atom. The average Bonchev–Trinajstić information content (AvgIpc) is 3.18. The van der Waals surface area contributed by atoms with Crippen LogP contribution in [-0.4, -0.2) is 72.8 Å². The number of nitrogens with zero attached hydrogens (tertiary/aromatic N) is 2. The fourth-order valence-corrected chi connectivity index (χ4v) is 4.44. The monoisotopic (exact) mass is 445 g/mol. The molecule has 1 unspecified atom stereocenters. The van der Waals surface area contributed by atoms with Crippen molar-refractivity contribution in [1.82, 2.24) is 9.80 Å². The van der Waals surface area contributed by atoms with Gasteiger partial charge in [-0.1, -0.05) is 25.5 Å². The molecule has 31 heavy (non-hydrogen) atoms. The van der Waals surface area contributed by atoms with Gasteiger partial charge >= 0.3 is 0 Å². The zero-order valence-corrected chi connectivity index (χ0v) is 19.5. The quantitative estimate of drug-likeness (QED) is 0.555. The van der Waals surface area contributed by atoms with Crippen molar-refractivity contribution in [1.29, 1.82) is 0 Å². The van der Waals surface area contributed by atoms with E-state index in [1.54, 1.807) is 11.3 Å². The predicted molar refractivity (Wildman–Crippen MR) is 127 cm³/mol. The van der Waals surface area contributed by atoms with E-state index in [4.69, 9.17) is 4.74 Å². The van der Waals surface area contributed by atoms with E-state index in [1.807, 2.05) is 30.5 Å². The minimum absolute atomic E-state index is 0.0226. The van der Waals surface area contributed by atoms with Gasteiger partial charge in [0, 0.05) is 38.4 Å². The molecule has 170 valence electrons. The fraction of sp³-hybridized carbons (Fsp3) is 0.542. The van der Waals surface area contributed by atoms with Crippen LogP contribution in [0.25, 0.3) is 0 Å². The number of thiophene rings is 1. The van der Waals surface area contributed by atoms with Gasteiger partial charge in [-0.2, -0.15) is 0 Å². The third-order valence-corrected chi connectivity index (χ3v) is 6.44. The minimum atomic E-state index is -0.516. The van der Waals surface area contributed by atoms with Gasteiger partial charge in [0.25, 0.3) is 0 Å². The standard InChI is InChI=1S/C24H35N3O3S/c1-3-4-5-20-6-8-21(9-7-20)25-23(29)16-27-12-10-26(11-13-27)15-22(28)17-30-24-14-19(2)18-31-24/h6-9,14,18,22,28H,3-5,10-13,15-17H2,1-2H3,(H,25,29). The van der Waals surface area contributed by atoms with Crippen molar-refractivity contribution in [2.24, 2.45) is 0 Å². The number of β-amino-alcohol motifs (C(OH)–C–C–N with tert-alkyl or cyclic N) is 1. The van der Waals surface area contributed by atoms with Crippen LogP contribution in [-0.2, 0) is 11.2 Å². The topological polar surface area (TPSA) is 65.0 Å². The second kappa shape index (κ2) is 12.2. The zero-order chi connectivity index (χ0) is 22.1. The summed E-state index contributed by atoms with van der Waals surface area (Å²) in [5, 5.41) is 16.2. The number of anilines is 1. The molecule has 1 aliphatic rings. The van der Waals surface area contributed by atoms with E-state index in [2.05, 4.69) is 34.2 Å². The molecule has 1 aromatic carbocycles. The Balaban J connectivity index is 1.32. The molecule has 0 radical (unpaired) electrons. The Bertz CT molecular complexity index is 801. The molecular weight excluding hydrogens is 410 g/mol. The van der Waals surface area contributed by atoms with E-state index in [1.165, 1.54) is 24.0 Å². The zero-order valence-electron chi connectivity index (χ0n) is 18.7. The number of hydrogen-bond acceptors (Lipinski definition) is 6. The smallest absolute Gasteiger partial charge is 0.238 e. The van der Waals surface area contributed by atoms with Crippen molar-refractivity contribution in [3.63, 3.8) is 0 Å². The molecular formula is C24H35N3O3S. The summed E-state index contributed by atoms with van der Waals surface area (Å²) in [6.45, 7) is 8.84. The van der Waals surface area contributed by atoms with Crippen molar-refractivity contribution in [2.75, 3.05) is 51.2 Å². The van der Waals surface area contributed by atoms with Gasteiger partial charge in [-0.05, 0) is 54.5 Å². The number of amides is 1. The molecule has 1 fully saturated rings. The van der Waals surface area contributed by atoms with Gasteiger partial charge in [-0.25, -0.2) is 0 Å². The first kappa shape index (κ1) is 23.7. The van der Waals surface area contributed by atoms with Gasteiger partial charge in [0.05, 0.1) is 6.54 Å². The first-order valence-electron chi connectivity index (χ1n) is 11.2. The van der Waals surface area contributed by atoms with Gasteiger partial charge in [0.1, 0.15) is 12.7 Å². The third-order valence-electron chi connectivity index (χ3n) is 5.48. The van der Waals surface area contributed by atoms with Gasteiger partial charge in [-0.15, -0.1) is 11.3 Å². The van der Waals surface area contributed by atoms with Crippen molar-refractivity contribution in [3.8, 4) is 5.06 Å². The molecule has 1 amide bonds. The highest BCUT2D eigenvalue weighted by molar-refractivity contribution is 7.12. The molecule has 0 bridgehead atoms. The second-order valence-corrected chi connectivity index (χ2v) is 9.21. The molecule has 1 aromatic heterocycles. The molecule has 6 nitrogen and oxygen atoms in total. The van der Waals surface area contributed by atoms with Crippen molar-refractivity contribution in [3.05, 3.63) is 46.8 Å². The number of ether oxygens (including phenoxy) is 1. The van der Waals surface area contributed by atoms with E-state index >= 15 is 0 Å². The van der Waals surface area contributed by atoms with Crippen LogP contribution in [0.1, 0.15) is 30.9 Å². The van der Waals surface area contributed by atoms with Crippen LogP contribution in [0.4, 0.5) is 5.69 Å². The SMILES string of the molecule is CCCCc1ccc(NC(=O)CN2CCN(CC(O)COc3cc(C)cs3)CC2)cc1. The van der Waals surface area contributed by atoms with Crippen molar-refractivity contribution >= 4 is 22.9 Å². The number of benzene rings is 1. The van der Waals surface area contributed by atoms with Crippen molar-refractivity contribution in [2.45, 2.75) is 39.2 Å². The van der Waals surface area contributed by atoms with Crippen LogP contribution in [0.3, 0.4) is 0 Å². The molecule has 2 heterocycles. The first-order chi connectivity index (χ1) is 15.0. The number of rotatable bonds is 11. The van der Waals surface area contributed by atoms with Gasteiger partial charge in [-0.3, -0.25) is 14.6 Å². The van der Waals surface area contributed by atoms with E-state index in [0.29, 0.717) is 19.7 Å². The summed E-state index contributed by atoms with van der Waals surface area (Å²) < 4.78 is 5.67. The molecule has 2 N–H and O–H groups in total. The lowest BCUT2D eigenvalue weighted by Crippen LogP contribution is -2.50. The Kier molecular flexibility index (Phi) is 9.33. The van der Waals surface area contributed by atoms with E-state index < -0.39 is 6.10 Å². The summed E-state index contributed by atoms with van der Waals surface area (Å²) >= 11 is 1.56. The van der Waals surface area contributed by atoms with Gasteiger partial charge in [0.15, 0.2) is 5.06 Å². The molecule has 0 spiro atoms. The number of piperazine rings is 1. The largest absolute Gasteiger partial charge is 0.481 e. The summed E-state index contributed by atoms with van der Waals surface area (Å²) in [7, 11) is 0. The number of aliphatic hydroxyl groups excluding tert-OH is 1. The molecule has 2 aromatic rings. The lowest BCUT2D eigenvalue weighted by molar-refractivity contribution is -0.117. The number of aryl methyl sites for hydroxylation is 2. The van der Waals surface area contributed by atoms with E-state index in [0.717, 1.165) is 43.4 Å². The summed E-state index contributed by atoms with van der Waals surface area (Å²) in [5.74, 6) is 0.0226. The Labute approximate surface area is 189 Å². The second-order valence-electron chi connectivity index (χ2n) is 8.33. The summed E-state index contributed by atoms with van der Waals surface area (Å²) in [4.78, 5) is 16.8.